The van der Waals surface area contributed by atoms with Crippen molar-refractivity contribution in [3.8, 4) is 0 Å². The van der Waals surface area contributed by atoms with Crippen LogP contribution in [-0.2, 0) is 16.1 Å². The molecule has 24 heavy (non-hydrogen) atoms. The zero-order valence-corrected chi connectivity index (χ0v) is 14.2. The number of nitrogens with one attached hydrogen (secondary N) is 2. The van der Waals surface area contributed by atoms with Gasteiger partial charge in [-0.15, -0.1) is 0 Å². The number of hydrogen-bond donors (Lipinski definition) is 2. The molecule has 0 bridgehead atoms. The second-order valence-electron chi connectivity index (χ2n) is 6.88. The van der Waals surface area contributed by atoms with E-state index in [-0.39, 0.29) is 17.9 Å². The first-order valence-corrected chi connectivity index (χ1v) is 9.07. The van der Waals surface area contributed by atoms with Crippen LogP contribution < -0.4 is 10.6 Å². The Labute approximate surface area is 143 Å². The van der Waals surface area contributed by atoms with Crippen molar-refractivity contribution in [1.82, 2.24) is 15.5 Å². The molecular formula is C19H27N3O2. The summed E-state index contributed by atoms with van der Waals surface area (Å²) < 4.78 is 0. The maximum atomic E-state index is 12.5. The lowest BCUT2D eigenvalue weighted by atomic mass is 10.2. The molecule has 1 aromatic rings. The Bertz CT molecular complexity index is 555. The fourth-order valence-corrected chi connectivity index (χ4v) is 3.74. The molecule has 1 aliphatic carbocycles. The molecule has 2 amide bonds. The number of amides is 2. The summed E-state index contributed by atoms with van der Waals surface area (Å²) in [6, 6.07) is 10.1. The SMILES string of the molecule is O=C(CN1CCC[C@H]1C(=O)NCc1ccccc1)NC1CCCC1. The summed E-state index contributed by atoms with van der Waals surface area (Å²) in [4.78, 5) is 26.7. The molecule has 0 spiro atoms. The van der Waals surface area contributed by atoms with Crippen molar-refractivity contribution in [3.63, 3.8) is 0 Å². The van der Waals surface area contributed by atoms with Gasteiger partial charge in [-0.2, -0.15) is 0 Å². The number of carbonyl (C=O) groups excluding carboxylic acids is 2. The Hall–Kier alpha value is -1.88. The largest absolute Gasteiger partial charge is 0.352 e. The van der Waals surface area contributed by atoms with E-state index >= 15 is 0 Å². The van der Waals surface area contributed by atoms with Crippen LogP contribution in [0.1, 0.15) is 44.1 Å². The van der Waals surface area contributed by atoms with Gasteiger partial charge in [0.15, 0.2) is 0 Å². The normalized spacial score (nSPS) is 21.8. The fourth-order valence-electron chi connectivity index (χ4n) is 3.74. The molecule has 0 unspecified atom stereocenters. The summed E-state index contributed by atoms with van der Waals surface area (Å²) in [5.74, 6) is 0.0923. The van der Waals surface area contributed by atoms with Gasteiger partial charge in [0.05, 0.1) is 12.6 Å². The van der Waals surface area contributed by atoms with Crippen molar-refractivity contribution in [2.75, 3.05) is 13.1 Å². The first kappa shape index (κ1) is 17.0. The molecule has 1 aliphatic heterocycles. The highest BCUT2D eigenvalue weighted by atomic mass is 16.2. The van der Waals surface area contributed by atoms with Gasteiger partial charge in [-0.25, -0.2) is 0 Å². The van der Waals surface area contributed by atoms with Gasteiger partial charge >= 0.3 is 0 Å². The Morgan fingerprint density at radius 3 is 2.54 bits per heavy atom. The van der Waals surface area contributed by atoms with E-state index in [2.05, 4.69) is 10.6 Å². The number of rotatable bonds is 6. The number of likely N-dealkylation sites (tertiary alicyclic amines) is 1. The molecule has 2 fully saturated rings. The zero-order valence-electron chi connectivity index (χ0n) is 14.2. The van der Waals surface area contributed by atoms with Crippen molar-refractivity contribution in [2.45, 2.75) is 57.2 Å². The van der Waals surface area contributed by atoms with Crippen LogP contribution in [0.25, 0.3) is 0 Å². The van der Waals surface area contributed by atoms with Crippen molar-refractivity contribution in [1.29, 1.82) is 0 Å². The number of benzene rings is 1. The topological polar surface area (TPSA) is 61.4 Å². The zero-order chi connectivity index (χ0) is 16.8. The predicted molar refractivity (Wildman–Crippen MR) is 93.3 cm³/mol. The van der Waals surface area contributed by atoms with Gasteiger partial charge in [0.1, 0.15) is 0 Å². The molecule has 130 valence electrons. The minimum atomic E-state index is -0.178. The quantitative estimate of drug-likeness (QED) is 0.837. The molecule has 0 radical (unpaired) electrons. The molecule has 1 aromatic carbocycles. The second-order valence-corrected chi connectivity index (χ2v) is 6.88. The van der Waals surface area contributed by atoms with Gasteiger partial charge in [-0.3, -0.25) is 14.5 Å². The highest BCUT2D eigenvalue weighted by Crippen LogP contribution is 2.19. The van der Waals surface area contributed by atoms with Gasteiger partial charge < -0.3 is 10.6 Å². The first-order valence-electron chi connectivity index (χ1n) is 9.07. The minimum absolute atomic E-state index is 0.0324. The average molecular weight is 329 g/mol. The molecule has 1 saturated heterocycles. The van der Waals surface area contributed by atoms with Crippen LogP contribution in [0.2, 0.25) is 0 Å². The summed E-state index contributed by atoms with van der Waals surface area (Å²) in [6.07, 6.45) is 6.40. The molecule has 2 N–H and O–H groups in total. The summed E-state index contributed by atoms with van der Waals surface area (Å²) in [5, 5.41) is 6.12. The van der Waals surface area contributed by atoms with Crippen molar-refractivity contribution in [2.24, 2.45) is 0 Å². The number of nitrogens with zero attached hydrogens (tertiary/aromatic N) is 1. The molecular weight excluding hydrogens is 302 g/mol. The third kappa shape index (κ3) is 4.57. The van der Waals surface area contributed by atoms with Crippen LogP contribution in [0.15, 0.2) is 30.3 Å². The summed E-state index contributed by atoms with van der Waals surface area (Å²) in [5.41, 5.74) is 1.09. The smallest absolute Gasteiger partial charge is 0.237 e. The Morgan fingerprint density at radius 2 is 1.79 bits per heavy atom. The van der Waals surface area contributed by atoms with Gasteiger partial charge in [-0.1, -0.05) is 43.2 Å². The lowest BCUT2D eigenvalue weighted by Gasteiger charge is -2.24. The van der Waals surface area contributed by atoms with E-state index in [0.29, 0.717) is 19.1 Å². The minimum Gasteiger partial charge on any atom is -0.352 e. The van der Waals surface area contributed by atoms with Crippen LogP contribution >= 0.6 is 0 Å². The lowest BCUT2D eigenvalue weighted by Crippen LogP contribution is -2.48. The van der Waals surface area contributed by atoms with Crippen molar-refractivity contribution in [3.05, 3.63) is 35.9 Å². The summed E-state index contributed by atoms with van der Waals surface area (Å²) in [7, 11) is 0. The van der Waals surface area contributed by atoms with Crippen LogP contribution in [-0.4, -0.2) is 41.9 Å². The molecule has 1 atom stereocenters. The predicted octanol–water partition coefficient (Wildman–Crippen LogP) is 1.83. The van der Waals surface area contributed by atoms with E-state index < -0.39 is 0 Å². The summed E-state index contributed by atoms with van der Waals surface area (Å²) in [6.45, 7) is 1.69. The third-order valence-corrected chi connectivity index (χ3v) is 5.04. The molecule has 2 aliphatic rings. The van der Waals surface area contributed by atoms with E-state index in [1.165, 1.54) is 12.8 Å². The van der Waals surface area contributed by atoms with Gasteiger partial charge in [-0.05, 0) is 37.8 Å². The molecule has 5 heteroatoms. The highest BCUT2D eigenvalue weighted by Gasteiger charge is 2.32. The lowest BCUT2D eigenvalue weighted by molar-refractivity contribution is -0.128. The summed E-state index contributed by atoms with van der Waals surface area (Å²) >= 11 is 0. The Kier molecular flexibility index (Phi) is 5.86. The molecule has 5 nitrogen and oxygen atoms in total. The molecule has 3 rings (SSSR count). The van der Waals surface area contributed by atoms with E-state index in [0.717, 1.165) is 37.8 Å². The van der Waals surface area contributed by atoms with Gasteiger partial charge in [0.25, 0.3) is 0 Å². The highest BCUT2D eigenvalue weighted by molar-refractivity contribution is 5.84. The fraction of sp³-hybridized carbons (Fsp3) is 0.579. The van der Waals surface area contributed by atoms with E-state index in [1.54, 1.807) is 0 Å². The Balaban J connectivity index is 1.47. The maximum Gasteiger partial charge on any atom is 0.237 e. The molecule has 1 heterocycles. The van der Waals surface area contributed by atoms with E-state index in [9.17, 15) is 9.59 Å². The van der Waals surface area contributed by atoms with Gasteiger partial charge in [0.2, 0.25) is 11.8 Å². The second kappa shape index (κ2) is 8.29. The third-order valence-electron chi connectivity index (χ3n) is 5.04. The molecule has 1 saturated carbocycles. The van der Waals surface area contributed by atoms with Crippen LogP contribution in [0.4, 0.5) is 0 Å². The van der Waals surface area contributed by atoms with E-state index in [4.69, 9.17) is 0 Å². The first-order chi connectivity index (χ1) is 11.7. The average Bonchev–Trinajstić information content (AvgIpc) is 3.25. The number of carbonyl (C=O) groups is 2. The van der Waals surface area contributed by atoms with Crippen molar-refractivity contribution >= 4 is 11.8 Å². The molecule has 0 aromatic heterocycles. The van der Waals surface area contributed by atoms with Crippen LogP contribution in [0.5, 0.6) is 0 Å². The monoisotopic (exact) mass is 329 g/mol. The van der Waals surface area contributed by atoms with E-state index in [1.807, 2.05) is 35.2 Å². The number of hydrogen-bond acceptors (Lipinski definition) is 3. The van der Waals surface area contributed by atoms with Gasteiger partial charge in [0, 0.05) is 12.6 Å². The van der Waals surface area contributed by atoms with Crippen molar-refractivity contribution < 1.29 is 9.59 Å². The van der Waals surface area contributed by atoms with Crippen LogP contribution in [0, 0.1) is 0 Å². The standard InChI is InChI=1S/C19H27N3O2/c23-18(21-16-9-4-5-10-16)14-22-12-6-11-17(22)19(24)20-13-15-7-2-1-3-8-15/h1-3,7-8,16-17H,4-6,9-14H2,(H,20,24)(H,21,23)/t17-/m0/s1. The Morgan fingerprint density at radius 1 is 1.04 bits per heavy atom. The maximum absolute atomic E-state index is 12.5. The van der Waals surface area contributed by atoms with Crippen LogP contribution in [0.3, 0.4) is 0 Å².